The first kappa shape index (κ1) is 15.2. The molecule has 0 saturated carbocycles. The second-order valence-electron chi connectivity index (χ2n) is 4.36. The number of ether oxygens (including phenoxy) is 2. The van der Waals surface area contributed by atoms with Gasteiger partial charge in [-0.05, 0) is 25.5 Å². The standard InChI is InChI=1S/C14H25NO3/c1-3-4-7-16-9-10-17-13(2)11-15-12-14-6-5-8-18-14/h5-6,8,13,15H,3-4,7,9-12H2,1-2H3. The maximum absolute atomic E-state index is 5.62. The van der Waals surface area contributed by atoms with E-state index in [1.165, 1.54) is 6.42 Å². The van der Waals surface area contributed by atoms with Crippen LogP contribution in [0.1, 0.15) is 32.4 Å². The monoisotopic (exact) mass is 255 g/mol. The lowest BCUT2D eigenvalue weighted by Crippen LogP contribution is -2.27. The third kappa shape index (κ3) is 7.48. The van der Waals surface area contributed by atoms with E-state index in [4.69, 9.17) is 13.9 Å². The molecular formula is C14H25NO3. The maximum Gasteiger partial charge on any atom is 0.117 e. The highest BCUT2D eigenvalue weighted by Crippen LogP contribution is 1.99. The van der Waals surface area contributed by atoms with Gasteiger partial charge in [0.2, 0.25) is 0 Å². The molecule has 0 saturated heterocycles. The van der Waals surface area contributed by atoms with Crippen LogP contribution in [0, 0.1) is 0 Å². The van der Waals surface area contributed by atoms with Crippen molar-refractivity contribution in [1.82, 2.24) is 5.32 Å². The first-order valence-electron chi connectivity index (χ1n) is 6.75. The molecule has 0 amide bonds. The van der Waals surface area contributed by atoms with Crippen LogP contribution >= 0.6 is 0 Å². The van der Waals surface area contributed by atoms with Crippen LogP contribution in [0.15, 0.2) is 22.8 Å². The Labute approximate surface area is 110 Å². The van der Waals surface area contributed by atoms with Gasteiger partial charge in [-0.25, -0.2) is 0 Å². The van der Waals surface area contributed by atoms with E-state index in [9.17, 15) is 0 Å². The van der Waals surface area contributed by atoms with Crippen molar-refractivity contribution in [3.8, 4) is 0 Å². The Morgan fingerprint density at radius 3 is 2.94 bits per heavy atom. The van der Waals surface area contributed by atoms with Crippen LogP contribution < -0.4 is 5.32 Å². The molecule has 0 aliphatic rings. The van der Waals surface area contributed by atoms with Gasteiger partial charge in [-0.2, -0.15) is 0 Å². The average molecular weight is 255 g/mol. The molecule has 18 heavy (non-hydrogen) atoms. The minimum Gasteiger partial charge on any atom is -0.468 e. The molecule has 104 valence electrons. The minimum absolute atomic E-state index is 0.190. The molecule has 1 N–H and O–H groups in total. The normalized spacial score (nSPS) is 12.8. The summed E-state index contributed by atoms with van der Waals surface area (Å²) in [6, 6.07) is 3.85. The highest BCUT2D eigenvalue weighted by atomic mass is 16.5. The van der Waals surface area contributed by atoms with E-state index in [-0.39, 0.29) is 6.10 Å². The molecule has 1 rings (SSSR count). The van der Waals surface area contributed by atoms with Gasteiger partial charge in [-0.3, -0.25) is 0 Å². The van der Waals surface area contributed by atoms with Crippen LogP contribution in [0.2, 0.25) is 0 Å². The fraction of sp³-hybridized carbons (Fsp3) is 0.714. The summed E-state index contributed by atoms with van der Waals surface area (Å²) >= 11 is 0. The van der Waals surface area contributed by atoms with Gasteiger partial charge < -0.3 is 19.2 Å². The Bertz CT molecular complexity index is 275. The van der Waals surface area contributed by atoms with Crippen molar-refractivity contribution < 1.29 is 13.9 Å². The first-order chi connectivity index (χ1) is 8.83. The number of unbranched alkanes of at least 4 members (excludes halogenated alkanes) is 1. The largest absolute Gasteiger partial charge is 0.468 e. The summed E-state index contributed by atoms with van der Waals surface area (Å²) in [7, 11) is 0. The first-order valence-corrected chi connectivity index (χ1v) is 6.75. The molecule has 4 heteroatoms. The van der Waals surface area contributed by atoms with Crippen molar-refractivity contribution in [2.75, 3.05) is 26.4 Å². The molecule has 1 aromatic rings. The van der Waals surface area contributed by atoms with E-state index in [2.05, 4.69) is 19.2 Å². The van der Waals surface area contributed by atoms with Crippen LogP contribution in [-0.4, -0.2) is 32.5 Å². The number of nitrogens with one attached hydrogen (secondary N) is 1. The van der Waals surface area contributed by atoms with Crippen LogP contribution in [0.4, 0.5) is 0 Å². The number of hydrogen-bond acceptors (Lipinski definition) is 4. The van der Waals surface area contributed by atoms with Gasteiger partial charge in [-0.15, -0.1) is 0 Å². The van der Waals surface area contributed by atoms with Gasteiger partial charge in [0, 0.05) is 13.2 Å². The zero-order valence-electron chi connectivity index (χ0n) is 11.5. The fourth-order valence-corrected chi connectivity index (χ4v) is 1.53. The predicted octanol–water partition coefficient (Wildman–Crippen LogP) is 2.59. The van der Waals surface area contributed by atoms with E-state index >= 15 is 0 Å². The molecule has 1 heterocycles. The quantitative estimate of drug-likeness (QED) is 0.617. The van der Waals surface area contributed by atoms with Crippen molar-refractivity contribution in [3.63, 3.8) is 0 Å². The molecule has 4 nitrogen and oxygen atoms in total. The summed E-state index contributed by atoms with van der Waals surface area (Å²) in [4.78, 5) is 0. The molecule has 0 aliphatic heterocycles. The molecule has 1 aromatic heterocycles. The summed E-state index contributed by atoms with van der Waals surface area (Å²) in [5.74, 6) is 0.949. The lowest BCUT2D eigenvalue weighted by atomic mass is 10.3. The second-order valence-corrected chi connectivity index (χ2v) is 4.36. The van der Waals surface area contributed by atoms with Gasteiger partial charge in [-0.1, -0.05) is 13.3 Å². The Hall–Kier alpha value is -0.840. The predicted molar refractivity (Wildman–Crippen MR) is 71.6 cm³/mol. The summed E-state index contributed by atoms with van der Waals surface area (Å²) < 4.78 is 16.3. The molecule has 0 spiro atoms. The topological polar surface area (TPSA) is 43.6 Å². The highest BCUT2D eigenvalue weighted by molar-refractivity contribution is 4.97. The highest BCUT2D eigenvalue weighted by Gasteiger charge is 2.02. The van der Waals surface area contributed by atoms with Crippen molar-refractivity contribution in [1.29, 1.82) is 0 Å². The zero-order chi connectivity index (χ0) is 13.1. The molecule has 0 aliphatic carbocycles. The van der Waals surface area contributed by atoms with E-state index in [1.807, 2.05) is 12.1 Å². The minimum atomic E-state index is 0.190. The molecule has 1 unspecified atom stereocenters. The summed E-state index contributed by atoms with van der Waals surface area (Å²) in [6.07, 6.45) is 4.17. The van der Waals surface area contributed by atoms with E-state index in [0.717, 1.165) is 31.9 Å². The molecule has 0 aromatic carbocycles. The Balaban J connectivity index is 1.89. The van der Waals surface area contributed by atoms with Crippen LogP contribution in [0.5, 0.6) is 0 Å². The second kappa shape index (κ2) is 10.1. The van der Waals surface area contributed by atoms with Crippen molar-refractivity contribution in [3.05, 3.63) is 24.2 Å². The maximum atomic E-state index is 5.62. The summed E-state index contributed by atoms with van der Waals surface area (Å²) in [6.45, 7) is 7.96. The average Bonchev–Trinajstić information content (AvgIpc) is 2.87. The molecular weight excluding hydrogens is 230 g/mol. The van der Waals surface area contributed by atoms with E-state index in [0.29, 0.717) is 13.2 Å². The van der Waals surface area contributed by atoms with Gasteiger partial charge in [0.1, 0.15) is 5.76 Å². The Morgan fingerprint density at radius 2 is 2.22 bits per heavy atom. The van der Waals surface area contributed by atoms with Crippen LogP contribution in [0.3, 0.4) is 0 Å². The van der Waals surface area contributed by atoms with Crippen LogP contribution in [0.25, 0.3) is 0 Å². The van der Waals surface area contributed by atoms with Gasteiger partial charge in [0.05, 0.1) is 32.1 Å². The van der Waals surface area contributed by atoms with Crippen molar-refractivity contribution in [2.45, 2.75) is 39.3 Å². The van der Waals surface area contributed by atoms with Crippen molar-refractivity contribution >= 4 is 0 Å². The Kier molecular flexibility index (Phi) is 8.55. The van der Waals surface area contributed by atoms with E-state index in [1.54, 1.807) is 6.26 Å². The number of hydrogen-bond donors (Lipinski definition) is 1. The summed E-state index contributed by atoms with van der Waals surface area (Å²) in [5.41, 5.74) is 0. The summed E-state index contributed by atoms with van der Waals surface area (Å²) in [5, 5.41) is 3.29. The lowest BCUT2D eigenvalue weighted by Gasteiger charge is -2.13. The lowest BCUT2D eigenvalue weighted by molar-refractivity contribution is 0.0120. The van der Waals surface area contributed by atoms with Gasteiger partial charge in [0.15, 0.2) is 0 Å². The van der Waals surface area contributed by atoms with Crippen LogP contribution in [-0.2, 0) is 16.0 Å². The molecule has 0 fully saturated rings. The smallest absolute Gasteiger partial charge is 0.117 e. The van der Waals surface area contributed by atoms with Crippen molar-refractivity contribution in [2.24, 2.45) is 0 Å². The molecule has 0 radical (unpaired) electrons. The fourth-order valence-electron chi connectivity index (χ4n) is 1.53. The number of rotatable bonds is 11. The van der Waals surface area contributed by atoms with Gasteiger partial charge in [0.25, 0.3) is 0 Å². The third-order valence-electron chi connectivity index (χ3n) is 2.58. The molecule has 1 atom stereocenters. The SMILES string of the molecule is CCCCOCCOC(C)CNCc1ccco1. The zero-order valence-corrected chi connectivity index (χ0v) is 11.5. The van der Waals surface area contributed by atoms with Gasteiger partial charge >= 0.3 is 0 Å². The Morgan fingerprint density at radius 1 is 1.33 bits per heavy atom. The molecule has 0 bridgehead atoms. The number of furan rings is 1. The van der Waals surface area contributed by atoms with E-state index < -0.39 is 0 Å². The third-order valence-corrected chi connectivity index (χ3v) is 2.58.